The van der Waals surface area contributed by atoms with E-state index >= 15 is 0 Å². The van der Waals surface area contributed by atoms with E-state index in [2.05, 4.69) is 151 Å². The molecule has 0 heterocycles. The summed E-state index contributed by atoms with van der Waals surface area (Å²) in [5.41, 5.74) is 12.5. The van der Waals surface area contributed by atoms with Crippen LogP contribution in [0.3, 0.4) is 0 Å². The van der Waals surface area contributed by atoms with Crippen LogP contribution in [0.15, 0.2) is 109 Å². The maximum atomic E-state index is 3.30. The summed E-state index contributed by atoms with van der Waals surface area (Å²) in [7, 11) is 0. The van der Waals surface area contributed by atoms with Crippen molar-refractivity contribution in [1.29, 1.82) is 0 Å². The van der Waals surface area contributed by atoms with Crippen molar-refractivity contribution in [3.63, 3.8) is 0 Å². The van der Waals surface area contributed by atoms with E-state index in [4.69, 9.17) is 0 Å². The predicted molar refractivity (Wildman–Crippen MR) is 164 cm³/mol. The van der Waals surface area contributed by atoms with E-state index < -0.39 is 0 Å². The van der Waals surface area contributed by atoms with Gasteiger partial charge in [0.05, 0.1) is 0 Å². The van der Waals surface area contributed by atoms with Crippen LogP contribution >= 0.6 is 0 Å². The van der Waals surface area contributed by atoms with Crippen LogP contribution in [0.2, 0.25) is 0 Å². The first-order valence-electron chi connectivity index (χ1n) is 13.7. The van der Waals surface area contributed by atoms with Crippen molar-refractivity contribution in [2.24, 2.45) is 11.3 Å². The third-order valence-corrected chi connectivity index (χ3v) is 8.51. The van der Waals surface area contributed by atoms with E-state index in [0.717, 1.165) is 6.42 Å². The minimum Gasteiger partial charge on any atom is -1.00 e. The standard InChI is InChI=1S/C15H14.C13H9.C10H15.2ClH.Zr/c1-12-3-7-14(8-4-12)11-15-9-5-13(2)6-10-15;1-3-7-12-10(5-1)9-11-6-2-4-8-13(11)12;1-8-5-6-9(7-8)10(2,3)4;;;/h3-10H,1-2H3;1-5,7-8H,9H2;6-8H,1-4H3;2*1H;/q;2*-1;;;+2/p-2. The van der Waals surface area contributed by atoms with Gasteiger partial charge in [0.15, 0.2) is 0 Å². The minimum absolute atomic E-state index is 0. The molecule has 210 valence electrons. The number of halogens is 2. The molecule has 0 saturated heterocycles. The number of allylic oxidation sites excluding steroid dienone is 4. The summed E-state index contributed by atoms with van der Waals surface area (Å²) in [6.07, 6.45) is 8.70. The van der Waals surface area contributed by atoms with Crippen LogP contribution in [-0.2, 0) is 30.7 Å². The van der Waals surface area contributed by atoms with Gasteiger partial charge in [0.2, 0.25) is 0 Å². The number of hydrogen-bond acceptors (Lipinski definition) is 0. The van der Waals surface area contributed by atoms with Crippen LogP contribution in [0.25, 0.3) is 11.1 Å². The first-order chi connectivity index (χ1) is 18.6. The molecule has 0 aromatic heterocycles. The molecule has 2 aliphatic carbocycles. The van der Waals surface area contributed by atoms with Gasteiger partial charge < -0.3 is 24.8 Å². The van der Waals surface area contributed by atoms with Gasteiger partial charge in [-0.1, -0.05) is 74.4 Å². The second-order valence-electron chi connectivity index (χ2n) is 11.5. The molecule has 0 bridgehead atoms. The Morgan fingerprint density at radius 1 is 0.756 bits per heavy atom. The second-order valence-corrected chi connectivity index (χ2v) is 12.7. The van der Waals surface area contributed by atoms with E-state index in [1.165, 1.54) is 77.5 Å². The third-order valence-electron chi connectivity index (χ3n) is 7.09. The first kappa shape index (κ1) is 34.9. The normalized spacial score (nSPS) is 14.0. The number of benzene rings is 4. The topological polar surface area (TPSA) is 0 Å². The Labute approximate surface area is 275 Å². The number of hydrogen-bond donors (Lipinski definition) is 0. The van der Waals surface area contributed by atoms with Crippen LogP contribution in [0.4, 0.5) is 0 Å². The maximum Gasteiger partial charge on any atom is -0.0253 e. The molecule has 0 saturated carbocycles. The van der Waals surface area contributed by atoms with E-state index in [-0.39, 0.29) is 24.8 Å². The summed E-state index contributed by atoms with van der Waals surface area (Å²) in [5, 5.41) is 0. The van der Waals surface area contributed by atoms with Gasteiger partial charge in [0, 0.05) is 0 Å². The molecule has 0 N–H and O–H groups in total. The molecule has 4 aromatic carbocycles. The van der Waals surface area contributed by atoms with Gasteiger partial charge in [-0.05, 0) is 6.42 Å². The third kappa shape index (κ3) is 9.61. The Kier molecular flexibility index (Phi) is 13.4. The largest absolute Gasteiger partial charge is 1.00 e. The minimum atomic E-state index is 0. The van der Waals surface area contributed by atoms with Crippen LogP contribution in [0.1, 0.15) is 61.1 Å². The summed E-state index contributed by atoms with van der Waals surface area (Å²) in [6.45, 7) is 13.1. The van der Waals surface area contributed by atoms with Crippen LogP contribution in [-0.4, -0.2) is 3.21 Å². The second kappa shape index (κ2) is 15.8. The Hall–Kier alpha value is -2.31. The average molecular weight is 657 g/mol. The van der Waals surface area contributed by atoms with Crippen molar-refractivity contribution in [2.45, 2.75) is 48.0 Å². The van der Waals surface area contributed by atoms with Crippen molar-refractivity contribution in [3.8, 4) is 11.1 Å². The molecule has 3 heteroatoms. The van der Waals surface area contributed by atoms with Crippen LogP contribution in [0.5, 0.6) is 0 Å². The van der Waals surface area contributed by atoms with Gasteiger partial charge in [-0.25, -0.2) is 6.08 Å². The fourth-order valence-electron chi connectivity index (χ4n) is 4.66. The molecule has 2 aliphatic rings. The number of fused-ring (bicyclic) bond motifs is 3. The molecule has 6 rings (SSSR count). The molecule has 0 aliphatic heterocycles. The molecule has 1 unspecified atom stereocenters. The summed E-state index contributed by atoms with van der Waals surface area (Å²) in [4.78, 5) is 0. The fraction of sp³-hybridized carbons (Fsp3) is 0.237. The number of aryl methyl sites for hydroxylation is 2. The number of rotatable bonds is 2. The molecule has 1 atom stereocenters. The molecule has 0 nitrogen and oxygen atoms in total. The monoisotopic (exact) mass is 654 g/mol. The van der Waals surface area contributed by atoms with E-state index in [9.17, 15) is 0 Å². The SMILES string of the molecule is CC1[C-]=CC(C(C)(C)C)=C1.Cc1ccc([C](=[Zr+2])c2ccc(C)cc2)cc1.[Cl-].[Cl-].[c-]1cccc2c1Cc1ccccc1-2. The van der Waals surface area contributed by atoms with E-state index in [0.29, 0.717) is 11.3 Å². The van der Waals surface area contributed by atoms with Gasteiger partial charge in [-0.15, -0.1) is 5.56 Å². The van der Waals surface area contributed by atoms with Gasteiger partial charge in [-0.3, -0.25) is 6.08 Å². The van der Waals surface area contributed by atoms with E-state index in [1.54, 1.807) is 0 Å². The molecule has 41 heavy (non-hydrogen) atoms. The van der Waals surface area contributed by atoms with Crippen LogP contribution < -0.4 is 24.8 Å². The van der Waals surface area contributed by atoms with Crippen molar-refractivity contribution in [2.75, 3.05) is 0 Å². The van der Waals surface area contributed by atoms with Crippen LogP contribution in [0, 0.1) is 37.3 Å². The summed E-state index contributed by atoms with van der Waals surface area (Å²) in [6, 6.07) is 35.6. The molecule has 4 aromatic rings. The molecule has 0 amide bonds. The van der Waals surface area contributed by atoms with E-state index in [1.807, 2.05) is 6.07 Å². The summed E-state index contributed by atoms with van der Waals surface area (Å²) in [5.74, 6) is 0.522. The Morgan fingerprint density at radius 2 is 1.29 bits per heavy atom. The predicted octanol–water partition coefficient (Wildman–Crippen LogP) is 3.45. The Bertz CT molecular complexity index is 1400. The summed E-state index contributed by atoms with van der Waals surface area (Å²) < 4.78 is 1.42. The van der Waals surface area contributed by atoms with Crippen molar-refractivity contribution in [1.82, 2.24) is 0 Å². The van der Waals surface area contributed by atoms with Crippen molar-refractivity contribution in [3.05, 3.63) is 154 Å². The van der Waals surface area contributed by atoms with Gasteiger partial charge in [0.1, 0.15) is 0 Å². The smallest absolute Gasteiger partial charge is 0.0253 e. The fourth-order valence-corrected chi connectivity index (χ4v) is 5.48. The quantitative estimate of drug-likeness (QED) is 0.256. The Balaban J connectivity index is 0.000000215. The molecule has 0 spiro atoms. The van der Waals surface area contributed by atoms with Crippen molar-refractivity contribution >= 4 is 3.21 Å². The zero-order chi connectivity index (χ0) is 28.0. The molecule has 0 fully saturated rings. The molecule has 0 radical (unpaired) electrons. The van der Waals surface area contributed by atoms with Crippen molar-refractivity contribution < 1.29 is 49.0 Å². The Morgan fingerprint density at radius 3 is 1.78 bits per heavy atom. The summed E-state index contributed by atoms with van der Waals surface area (Å²) >= 11 is 1.46. The molecular weight excluding hydrogens is 619 g/mol. The average Bonchev–Trinajstić information content (AvgIpc) is 3.54. The van der Waals surface area contributed by atoms with Gasteiger partial charge in [-0.2, -0.15) is 41.5 Å². The van der Waals surface area contributed by atoms with Gasteiger partial charge >= 0.3 is 112 Å². The van der Waals surface area contributed by atoms with Gasteiger partial charge in [0.25, 0.3) is 0 Å². The molecular formula is C38H38Cl2Zr-2. The zero-order valence-electron chi connectivity index (χ0n) is 24.9. The zero-order valence-corrected chi connectivity index (χ0v) is 28.8. The first-order valence-corrected chi connectivity index (χ1v) is 15.0. The maximum absolute atomic E-state index is 3.30.